The van der Waals surface area contributed by atoms with Gasteiger partial charge in [0, 0.05) is 20.0 Å². The van der Waals surface area contributed by atoms with E-state index in [1.54, 1.807) is 6.92 Å². The van der Waals surface area contributed by atoms with Gasteiger partial charge in [-0.3, -0.25) is 4.79 Å². The third kappa shape index (κ3) is 4.55. The minimum atomic E-state index is -0.417. The van der Waals surface area contributed by atoms with Crippen LogP contribution in [0.5, 0.6) is 0 Å². The lowest BCUT2D eigenvalue weighted by molar-refractivity contribution is -0.131. The average Bonchev–Trinajstić information content (AvgIpc) is 2.35. The van der Waals surface area contributed by atoms with Gasteiger partial charge in [0.1, 0.15) is 0 Å². The van der Waals surface area contributed by atoms with Crippen molar-refractivity contribution < 1.29 is 14.3 Å². The highest BCUT2D eigenvalue weighted by Gasteiger charge is 2.29. The summed E-state index contributed by atoms with van der Waals surface area (Å²) in [7, 11) is 1.36. The van der Waals surface area contributed by atoms with Crippen molar-refractivity contribution in [3.05, 3.63) is 0 Å². The van der Waals surface area contributed by atoms with Crippen molar-refractivity contribution in [3.8, 4) is 0 Å². The number of hydrogen-bond donors (Lipinski definition) is 1. The topological polar surface area (TPSA) is 58.6 Å². The molecule has 0 spiro atoms. The maximum absolute atomic E-state index is 11.5. The summed E-state index contributed by atoms with van der Waals surface area (Å²) < 4.78 is 4.61. The Balaban J connectivity index is 2.56. The Bertz CT molecular complexity index is 294. The number of likely N-dealkylation sites (tertiary alicyclic amines) is 1. The van der Waals surface area contributed by atoms with Gasteiger partial charge in [0.25, 0.3) is 0 Å². The van der Waals surface area contributed by atoms with Crippen molar-refractivity contribution in [1.82, 2.24) is 10.2 Å². The Labute approximate surface area is 109 Å². The van der Waals surface area contributed by atoms with Gasteiger partial charge >= 0.3 is 6.09 Å². The molecule has 0 bridgehead atoms. The lowest BCUT2D eigenvalue weighted by atomic mass is 9.90. The van der Waals surface area contributed by atoms with Gasteiger partial charge in [-0.25, -0.2) is 4.79 Å². The fraction of sp³-hybridized carbons (Fsp3) is 0.846. The lowest BCUT2D eigenvalue weighted by Crippen LogP contribution is -2.52. The molecule has 1 aliphatic heterocycles. The van der Waals surface area contributed by atoms with Crippen LogP contribution in [0.3, 0.4) is 0 Å². The highest BCUT2D eigenvalue weighted by atomic mass is 16.5. The van der Waals surface area contributed by atoms with Gasteiger partial charge < -0.3 is 15.0 Å². The minimum absolute atomic E-state index is 0.0111. The number of carbonyl (C=O) groups excluding carboxylic acids is 2. The molecule has 1 fully saturated rings. The predicted octanol–water partition coefficient (Wildman–Crippen LogP) is 1.77. The van der Waals surface area contributed by atoms with E-state index in [-0.39, 0.29) is 11.9 Å². The van der Waals surface area contributed by atoms with Crippen LogP contribution in [-0.2, 0) is 9.53 Å². The Morgan fingerprint density at radius 3 is 2.67 bits per heavy atom. The van der Waals surface area contributed by atoms with Crippen LogP contribution in [0.4, 0.5) is 4.79 Å². The second-order valence-electron chi connectivity index (χ2n) is 5.00. The van der Waals surface area contributed by atoms with Crippen LogP contribution in [0.15, 0.2) is 0 Å². The zero-order valence-electron chi connectivity index (χ0n) is 11.6. The van der Waals surface area contributed by atoms with Crippen molar-refractivity contribution in [2.75, 3.05) is 20.2 Å². The van der Waals surface area contributed by atoms with E-state index in [0.717, 1.165) is 25.8 Å². The van der Waals surface area contributed by atoms with Crippen LogP contribution >= 0.6 is 0 Å². The van der Waals surface area contributed by atoms with Crippen LogP contribution in [0.1, 0.15) is 39.5 Å². The van der Waals surface area contributed by atoms with Gasteiger partial charge in [0.05, 0.1) is 13.2 Å². The molecule has 2 atom stereocenters. The summed E-state index contributed by atoms with van der Waals surface area (Å²) in [6.45, 7) is 5.15. The highest BCUT2D eigenvalue weighted by Crippen LogP contribution is 2.22. The van der Waals surface area contributed by atoms with E-state index < -0.39 is 6.09 Å². The van der Waals surface area contributed by atoms with Gasteiger partial charge in [-0.05, 0) is 18.8 Å². The minimum Gasteiger partial charge on any atom is -0.453 e. The molecule has 0 aliphatic carbocycles. The first-order chi connectivity index (χ1) is 8.56. The van der Waals surface area contributed by atoms with Gasteiger partial charge in [0.2, 0.25) is 5.91 Å². The zero-order chi connectivity index (χ0) is 13.5. The van der Waals surface area contributed by atoms with Gasteiger partial charge in [-0.2, -0.15) is 0 Å². The van der Waals surface area contributed by atoms with Crippen LogP contribution in [0.2, 0.25) is 0 Å². The molecule has 0 aromatic heterocycles. The van der Waals surface area contributed by atoms with Crippen molar-refractivity contribution in [1.29, 1.82) is 0 Å². The molecular weight excluding hydrogens is 232 g/mol. The fourth-order valence-corrected chi connectivity index (χ4v) is 2.49. The number of nitrogens with zero attached hydrogens (tertiary/aromatic N) is 1. The van der Waals surface area contributed by atoms with Crippen LogP contribution in [0.25, 0.3) is 0 Å². The quantitative estimate of drug-likeness (QED) is 0.834. The van der Waals surface area contributed by atoms with Gasteiger partial charge in [-0.15, -0.1) is 0 Å². The number of hydrogen-bond acceptors (Lipinski definition) is 3. The summed E-state index contributed by atoms with van der Waals surface area (Å²) >= 11 is 0. The number of ether oxygens (including phenoxy) is 1. The highest BCUT2D eigenvalue weighted by molar-refractivity contribution is 5.73. The lowest BCUT2D eigenvalue weighted by Gasteiger charge is -2.37. The van der Waals surface area contributed by atoms with E-state index in [4.69, 9.17) is 0 Å². The number of nitrogens with one attached hydrogen (secondary N) is 1. The summed E-state index contributed by atoms with van der Waals surface area (Å²) in [5.74, 6) is 0.553. The van der Waals surface area contributed by atoms with Gasteiger partial charge in [0.15, 0.2) is 0 Å². The second kappa shape index (κ2) is 7.24. The summed E-state index contributed by atoms with van der Waals surface area (Å²) in [5.41, 5.74) is 0. The molecule has 18 heavy (non-hydrogen) atoms. The van der Waals surface area contributed by atoms with Crippen LogP contribution in [-0.4, -0.2) is 43.1 Å². The third-order valence-corrected chi connectivity index (χ3v) is 3.46. The molecule has 104 valence electrons. The van der Waals surface area contributed by atoms with Crippen molar-refractivity contribution in [2.24, 2.45) is 5.92 Å². The maximum atomic E-state index is 11.5. The monoisotopic (exact) mass is 256 g/mol. The molecule has 0 aromatic carbocycles. The standard InChI is InChI=1S/C13H24N2O3/c1-4-5-6-11-7-12(14-13(17)18-3)9-15(8-11)10(2)16/h11-12H,4-9H2,1-3H3,(H,14,17). The molecule has 2 amide bonds. The molecule has 1 rings (SSSR count). The second-order valence-corrected chi connectivity index (χ2v) is 5.00. The van der Waals surface area contributed by atoms with E-state index in [0.29, 0.717) is 12.5 Å². The molecular formula is C13H24N2O3. The molecule has 0 aromatic rings. The Kier molecular flexibility index (Phi) is 5.95. The first kappa shape index (κ1) is 14.8. The summed E-state index contributed by atoms with van der Waals surface area (Å²) in [5, 5.41) is 2.80. The van der Waals surface area contributed by atoms with E-state index >= 15 is 0 Å². The zero-order valence-corrected chi connectivity index (χ0v) is 11.6. The van der Waals surface area contributed by atoms with Crippen molar-refractivity contribution in [3.63, 3.8) is 0 Å². The number of piperidine rings is 1. The van der Waals surface area contributed by atoms with Crippen LogP contribution < -0.4 is 5.32 Å². The average molecular weight is 256 g/mol. The smallest absolute Gasteiger partial charge is 0.407 e. The van der Waals surface area contributed by atoms with E-state index in [1.807, 2.05) is 4.90 Å². The van der Waals surface area contributed by atoms with E-state index in [2.05, 4.69) is 17.0 Å². The molecule has 1 heterocycles. The molecule has 1 aliphatic rings. The first-order valence-corrected chi connectivity index (χ1v) is 6.66. The first-order valence-electron chi connectivity index (χ1n) is 6.66. The van der Waals surface area contributed by atoms with E-state index in [9.17, 15) is 9.59 Å². The van der Waals surface area contributed by atoms with Crippen molar-refractivity contribution in [2.45, 2.75) is 45.6 Å². The van der Waals surface area contributed by atoms with Crippen molar-refractivity contribution >= 4 is 12.0 Å². The predicted molar refractivity (Wildman–Crippen MR) is 69.2 cm³/mol. The maximum Gasteiger partial charge on any atom is 0.407 e. The van der Waals surface area contributed by atoms with Gasteiger partial charge in [-0.1, -0.05) is 19.8 Å². The third-order valence-electron chi connectivity index (χ3n) is 3.46. The normalized spacial score (nSPS) is 23.6. The number of carbonyl (C=O) groups is 2. The molecule has 1 saturated heterocycles. The number of methoxy groups -OCH3 is 1. The summed E-state index contributed by atoms with van der Waals surface area (Å²) in [6, 6.07) is 0.0111. The Morgan fingerprint density at radius 2 is 2.11 bits per heavy atom. The van der Waals surface area contributed by atoms with E-state index in [1.165, 1.54) is 13.5 Å². The summed E-state index contributed by atoms with van der Waals surface area (Å²) in [6.07, 6.45) is 3.95. The number of amides is 2. The SMILES string of the molecule is CCCCC1CC(NC(=O)OC)CN(C(C)=O)C1. The molecule has 5 nitrogen and oxygen atoms in total. The number of alkyl carbamates (subject to hydrolysis) is 1. The number of rotatable bonds is 4. The molecule has 1 N–H and O–H groups in total. The fourth-order valence-electron chi connectivity index (χ4n) is 2.49. The Morgan fingerprint density at radius 1 is 1.39 bits per heavy atom. The molecule has 2 unspecified atom stereocenters. The molecule has 5 heteroatoms. The summed E-state index contributed by atoms with van der Waals surface area (Å²) in [4.78, 5) is 24.6. The van der Waals surface area contributed by atoms with Crippen LogP contribution in [0, 0.1) is 5.92 Å². The number of unbranched alkanes of at least 4 members (excludes halogenated alkanes) is 1. The Hall–Kier alpha value is -1.26. The molecule has 0 radical (unpaired) electrons. The molecule has 0 saturated carbocycles. The largest absolute Gasteiger partial charge is 0.453 e.